The summed E-state index contributed by atoms with van der Waals surface area (Å²) in [6.45, 7) is 5.66. The normalized spacial score (nSPS) is 20.0. The first-order valence-corrected chi connectivity index (χ1v) is 10.2. The molecule has 5 rings (SSSR count). The van der Waals surface area contributed by atoms with E-state index in [1.165, 1.54) is 0 Å². The lowest BCUT2D eigenvalue weighted by atomic mass is 10.2. The second-order valence-corrected chi connectivity index (χ2v) is 8.00. The van der Waals surface area contributed by atoms with E-state index in [-0.39, 0.29) is 12.2 Å². The van der Waals surface area contributed by atoms with E-state index in [4.69, 9.17) is 19.1 Å². The van der Waals surface area contributed by atoms with Gasteiger partial charge >= 0.3 is 0 Å². The smallest absolute Gasteiger partial charge is 0.229 e. The van der Waals surface area contributed by atoms with Gasteiger partial charge in [0.05, 0.1) is 17.1 Å². The minimum Gasteiger partial charge on any atom is -0.430 e. The molecule has 2 unspecified atom stereocenters. The maximum Gasteiger partial charge on any atom is 0.229 e. The number of benzene rings is 1. The summed E-state index contributed by atoms with van der Waals surface area (Å²) in [4.78, 5) is 17.5. The fraction of sp³-hybridized carbons (Fsp3) is 0.286. The highest BCUT2D eigenvalue weighted by Crippen LogP contribution is 2.33. The number of hydrogen-bond acceptors (Lipinski definition) is 7. The van der Waals surface area contributed by atoms with Crippen LogP contribution in [0, 0.1) is 0 Å². The molecule has 0 saturated carbocycles. The summed E-state index contributed by atoms with van der Waals surface area (Å²) in [7, 11) is 0. The van der Waals surface area contributed by atoms with E-state index in [9.17, 15) is 0 Å². The monoisotopic (exact) mass is 392 g/mol. The molecule has 1 fully saturated rings. The Morgan fingerprint density at radius 3 is 2.46 bits per heavy atom. The van der Waals surface area contributed by atoms with Crippen LogP contribution < -0.4 is 4.90 Å². The zero-order valence-corrected chi connectivity index (χ0v) is 16.5. The van der Waals surface area contributed by atoms with Gasteiger partial charge in [0.15, 0.2) is 11.6 Å². The second-order valence-electron chi connectivity index (χ2n) is 7.05. The fourth-order valence-corrected chi connectivity index (χ4v) is 4.25. The molecule has 4 aromatic rings. The molecule has 4 heterocycles. The van der Waals surface area contributed by atoms with Crippen molar-refractivity contribution < 1.29 is 9.15 Å². The highest BCUT2D eigenvalue weighted by atomic mass is 32.1. The van der Waals surface area contributed by atoms with Gasteiger partial charge in [-0.3, -0.25) is 0 Å². The van der Waals surface area contributed by atoms with E-state index in [0.717, 1.165) is 29.3 Å². The van der Waals surface area contributed by atoms with Gasteiger partial charge in [-0.1, -0.05) is 24.3 Å². The molecule has 0 bridgehead atoms. The van der Waals surface area contributed by atoms with Crippen LogP contribution in [-0.4, -0.2) is 40.2 Å². The number of nitrogens with zero attached hydrogens (tertiary/aromatic N) is 4. The number of fused-ring (bicyclic) bond motifs is 1. The lowest BCUT2D eigenvalue weighted by molar-refractivity contribution is -0.00541. The van der Waals surface area contributed by atoms with Crippen molar-refractivity contribution in [1.82, 2.24) is 15.0 Å². The molecule has 142 valence electrons. The lowest BCUT2D eigenvalue weighted by Crippen LogP contribution is -2.46. The maximum atomic E-state index is 6.17. The Labute approximate surface area is 166 Å². The third kappa shape index (κ3) is 3.16. The molecule has 28 heavy (non-hydrogen) atoms. The molecular weight excluding hydrogens is 372 g/mol. The van der Waals surface area contributed by atoms with Gasteiger partial charge in [-0.25, -0.2) is 9.97 Å². The van der Waals surface area contributed by atoms with E-state index in [2.05, 4.69) is 23.7 Å². The van der Waals surface area contributed by atoms with Crippen LogP contribution in [0.15, 0.2) is 52.3 Å². The number of hydrogen-bond donors (Lipinski definition) is 0. The third-order valence-corrected chi connectivity index (χ3v) is 5.58. The number of aromatic nitrogens is 3. The number of oxazole rings is 1. The van der Waals surface area contributed by atoms with Crippen LogP contribution in [0.2, 0.25) is 0 Å². The van der Waals surface area contributed by atoms with Crippen LogP contribution >= 0.6 is 11.3 Å². The summed E-state index contributed by atoms with van der Waals surface area (Å²) in [6, 6.07) is 13.9. The molecule has 2 atom stereocenters. The summed E-state index contributed by atoms with van der Waals surface area (Å²) in [5, 5.41) is 2.03. The van der Waals surface area contributed by atoms with Gasteiger partial charge in [-0.05, 0) is 37.4 Å². The zero-order valence-electron chi connectivity index (χ0n) is 15.7. The maximum absolute atomic E-state index is 6.17. The van der Waals surface area contributed by atoms with Gasteiger partial charge in [0.1, 0.15) is 0 Å². The van der Waals surface area contributed by atoms with Crippen molar-refractivity contribution in [3.05, 3.63) is 47.8 Å². The Balaban J connectivity index is 1.68. The van der Waals surface area contributed by atoms with Gasteiger partial charge in [-0.2, -0.15) is 4.98 Å². The van der Waals surface area contributed by atoms with Gasteiger partial charge in [0, 0.05) is 18.7 Å². The minimum atomic E-state index is 0.121. The van der Waals surface area contributed by atoms with Crippen LogP contribution in [0.4, 0.5) is 5.82 Å². The van der Waals surface area contributed by atoms with Crippen molar-refractivity contribution in [1.29, 1.82) is 0 Å². The zero-order chi connectivity index (χ0) is 19.1. The van der Waals surface area contributed by atoms with E-state index >= 15 is 0 Å². The predicted molar refractivity (Wildman–Crippen MR) is 111 cm³/mol. The van der Waals surface area contributed by atoms with E-state index in [0.29, 0.717) is 22.9 Å². The summed E-state index contributed by atoms with van der Waals surface area (Å²) >= 11 is 1.62. The molecule has 3 aromatic heterocycles. The van der Waals surface area contributed by atoms with Crippen LogP contribution in [0.25, 0.3) is 33.4 Å². The number of rotatable bonds is 3. The van der Waals surface area contributed by atoms with Crippen molar-refractivity contribution in [2.75, 3.05) is 18.0 Å². The highest BCUT2D eigenvalue weighted by Gasteiger charge is 2.28. The van der Waals surface area contributed by atoms with Gasteiger partial charge in [0.2, 0.25) is 17.1 Å². The topological polar surface area (TPSA) is 64.3 Å². The quantitative estimate of drug-likeness (QED) is 0.507. The standard InChI is InChI=1S/C21H20N4O2S/c1-13-11-25(12-14(2)26-13)20-17-19(22-18(23-20)16-9-6-10-28-16)24-21(27-17)15-7-4-3-5-8-15/h3-10,13-14H,11-12H2,1-2H3. The van der Waals surface area contributed by atoms with Crippen LogP contribution in [0.3, 0.4) is 0 Å². The fourth-order valence-electron chi connectivity index (χ4n) is 3.60. The Morgan fingerprint density at radius 1 is 0.964 bits per heavy atom. The van der Waals surface area contributed by atoms with E-state index < -0.39 is 0 Å². The molecule has 0 N–H and O–H groups in total. The molecule has 0 spiro atoms. The van der Waals surface area contributed by atoms with Gasteiger partial charge in [0.25, 0.3) is 0 Å². The second kappa shape index (κ2) is 7.00. The molecule has 1 aliphatic heterocycles. The average Bonchev–Trinajstić information content (AvgIpc) is 3.37. The number of thiophene rings is 1. The van der Waals surface area contributed by atoms with E-state index in [1.807, 2.05) is 47.8 Å². The molecular formula is C21H20N4O2S. The summed E-state index contributed by atoms with van der Waals surface area (Å²) < 4.78 is 12.1. The van der Waals surface area contributed by atoms with Crippen molar-refractivity contribution >= 4 is 28.4 Å². The summed E-state index contributed by atoms with van der Waals surface area (Å²) in [5.41, 5.74) is 2.13. The third-order valence-electron chi connectivity index (χ3n) is 4.72. The Bertz CT molecular complexity index is 1080. The van der Waals surface area contributed by atoms with Crippen molar-refractivity contribution in [3.63, 3.8) is 0 Å². The molecule has 1 aromatic carbocycles. The van der Waals surface area contributed by atoms with Crippen molar-refractivity contribution in [2.24, 2.45) is 0 Å². The van der Waals surface area contributed by atoms with Crippen LogP contribution in [-0.2, 0) is 4.74 Å². The molecule has 0 aliphatic carbocycles. The van der Waals surface area contributed by atoms with E-state index in [1.54, 1.807) is 11.3 Å². The summed E-state index contributed by atoms with van der Waals surface area (Å²) in [5.74, 6) is 2.02. The van der Waals surface area contributed by atoms with Gasteiger partial charge < -0.3 is 14.1 Å². The highest BCUT2D eigenvalue weighted by molar-refractivity contribution is 7.13. The van der Waals surface area contributed by atoms with Crippen molar-refractivity contribution in [3.8, 4) is 22.2 Å². The number of morpholine rings is 1. The predicted octanol–water partition coefficient (Wildman–Crippen LogP) is 4.63. The van der Waals surface area contributed by atoms with Crippen molar-refractivity contribution in [2.45, 2.75) is 26.1 Å². The Morgan fingerprint density at radius 2 is 1.75 bits per heavy atom. The van der Waals surface area contributed by atoms with Crippen LogP contribution in [0.1, 0.15) is 13.8 Å². The minimum absolute atomic E-state index is 0.121. The lowest BCUT2D eigenvalue weighted by Gasteiger charge is -2.35. The molecule has 1 saturated heterocycles. The summed E-state index contributed by atoms with van der Waals surface area (Å²) in [6.07, 6.45) is 0.242. The molecule has 1 aliphatic rings. The van der Waals surface area contributed by atoms with Crippen LogP contribution in [0.5, 0.6) is 0 Å². The molecule has 0 radical (unpaired) electrons. The largest absolute Gasteiger partial charge is 0.430 e. The molecule has 0 amide bonds. The van der Waals surface area contributed by atoms with Gasteiger partial charge in [-0.15, -0.1) is 11.3 Å². The first kappa shape index (κ1) is 17.3. The number of ether oxygens (including phenoxy) is 1. The molecule has 7 heteroatoms. The first-order valence-electron chi connectivity index (χ1n) is 9.35. The SMILES string of the molecule is CC1CN(c2nc(-c3cccs3)nc3nc(-c4ccccc4)oc23)CC(C)O1. The Hall–Kier alpha value is -2.77. The number of anilines is 1. The Kier molecular flexibility index (Phi) is 4.33. The average molecular weight is 392 g/mol. The first-order chi connectivity index (χ1) is 13.7. The molecule has 6 nitrogen and oxygen atoms in total.